The van der Waals surface area contributed by atoms with Crippen LogP contribution in [0.25, 0.3) is 10.8 Å². The highest BCUT2D eigenvalue weighted by atomic mass is 16.5. The minimum Gasteiger partial charge on any atom is -0.493 e. The van der Waals surface area contributed by atoms with Gasteiger partial charge in [-0.25, -0.2) is 0 Å². The zero-order chi connectivity index (χ0) is 24.2. The Morgan fingerprint density at radius 3 is 2.15 bits per heavy atom. The first kappa shape index (κ1) is 23.8. The Balaban J connectivity index is 1.65. The molecule has 2 heterocycles. The van der Waals surface area contributed by atoms with Gasteiger partial charge in [-0.2, -0.15) is 0 Å². The van der Waals surface area contributed by atoms with E-state index in [0.717, 1.165) is 19.6 Å². The van der Waals surface area contributed by atoms with Crippen molar-refractivity contribution in [2.24, 2.45) is 5.92 Å². The first-order valence-electron chi connectivity index (χ1n) is 11.8. The van der Waals surface area contributed by atoms with E-state index < -0.39 is 0 Å². The lowest BCUT2D eigenvalue weighted by Crippen LogP contribution is -2.48. The third kappa shape index (κ3) is 4.94. The van der Waals surface area contributed by atoms with Crippen LogP contribution in [0.1, 0.15) is 29.8 Å². The van der Waals surface area contributed by atoms with Crippen molar-refractivity contribution in [2.45, 2.75) is 26.9 Å². The molecule has 180 valence electrons. The summed E-state index contributed by atoms with van der Waals surface area (Å²) in [5.41, 5.74) is 1.66. The molecule has 1 amide bonds. The van der Waals surface area contributed by atoms with Gasteiger partial charge in [0.15, 0.2) is 11.5 Å². The Labute approximate surface area is 200 Å². The zero-order valence-electron chi connectivity index (χ0n) is 20.4. The maximum absolute atomic E-state index is 13.7. The minimum atomic E-state index is -0.131. The maximum atomic E-state index is 13.7. The molecule has 2 aromatic carbocycles. The number of methoxy groups -OCH3 is 2. The average Bonchev–Trinajstić information content (AvgIpc) is 2.85. The topological polar surface area (TPSA) is 64.0 Å². The molecule has 0 unspecified atom stereocenters. The van der Waals surface area contributed by atoms with Gasteiger partial charge in [-0.3, -0.25) is 14.5 Å². The Morgan fingerprint density at radius 2 is 1.56 bits per heavy atom. The molecular formula is C27H33N3O4. The van der Waals surface area contributed by atoms with Crippen molar-refractivity contribution in [1.82, 2.24) is 14.4 Å². The summed E-state index contributed by atoms with van der Waals surface area (Å²) in [5, 5.41) is 1.06. The fourth-order valence-electron chi connectivity index (χ4n) is 4.54. The number of hydrogen-bond donors (Lipinski definition) is 0. The van der Waals surface area contributed by atoms with E-state index in [2.05, 4.69) is 43.0 Å². The molecule has 0 atom stereocenters. The second kappa shape index (κ2) is 10.3. The van der Waals surface area contributed by atoms with Gasteiger partial charge in [0, 0.05) is 50.9 Å². The molecule has 1 saturated heterocycles. The summed E-state index contributed by atoms with van der Waals surface area (Å²) < 4.78 is 12.5. The summed E-state index contributed by atoms with van der Waals surface area (Å²) in [6.45, 7) is 8.42. The van der Waals surface area contributed by atoms with E-state index in [1.54, 1.807) is 37.1 Å². The Hall–Kier alpha value is -3.32. The van der Waals surface area contributed by atoms with Crippen molar-refractivity contribution in [3.63, 3.8) is 0 Å². The molecule has 7 heteroatoms. The van der Waals surface area contributed by atoms with E-state index in [9.17, 15) is 9.59 Å². The van der Waals surface area contributed by atoms with Gasteiger partial charge in [0.25, 0.3) is 11.5 Å². The highest BCUT2D eigenvalue weighted by molar-refractivity contribution is 6.07. The van der Waals surface area contributed by atoms with Gasteiger partial charge in [-0.05, 0) is 23.6 Å². The number of nitrogens with zero attached hydrogens (tertiary/aromatic N) is 3. The van der Waals surface area contributed by atoms with E-state index in [0.29, 0.717) is 47.5 Å². The number of piperazine rings is 1. The number of benzene rings is 2. The highest BCUT2D eigenvalue weighted by Crippen LogP contribution is 2.33. The SMILES string of the molecule is COc1cc2c(C(=O)N3CCN(Cc4ccccc4)CC3)cn(CC(C)C)c(=O)c2cc1OC. The quantitative estimate of drug-likeness (QED) is 0.535. The second-order valence-electron chi connectivity index (χ2n) is 9.20. The molecule has 4 rings (SSSR count). The zero-order valence-corrected chi connectivity index (χ0v) is 20.4. The summed E-state index contributed by atoms with van der Waals surface area (Å²) in [4.78, 5) is 31.2. The van der Waals surface area contributed by atoms with E-state index >= 15 is 0 Å². The van der Waals surface area contributed by atoms with E-state index in [1.165, 1.54) is 5.56 Å². The molecule has 0 radical (unpaired) electrons. The predicted molar refractivity (Wildman–Crippen MR) is 134 cm³/mol. The van der Waals surface area contributed by atoms with Gasteiger partial charge in [-0.1, -0.05) is 44.2 Å². The number of rotatable bonds is 7. The van der Waals surface area contributed by atoms with Crippen LogP contribution in [0.3, 0.4) is 0 Å². The molecule has 0 spiro atoms. The van der Waals surface area contributed by atoms with Crippen LogP contribution in [-0.2, 0) is 13.1 Å². The van der Waals surface area contributed by atoms with Crippen LogP contribution < -0.4 is 15.0 Å². The number of ether oxygens (including phenoxy) is 2. The number of carbonyl (C=O) groups is 1. The first-order valence-corrected chi connectivity index (χ1v) is 11.8. The third-order valence-electron chi connectivity index (χ3n) is 6.29. The number of pyridine rings is 1. The predicted octanol–water partition coefficient (Wildman–Crippen LogP) is 3.63. The van der Waals surface area contributed by atoms with Crippen LogP contribution in [0.2, 0.25) is 0 Å². The first-order chi connectivity index (χ1) is 16.4. The number of hydrogen-bond acceptors (Lipinski definition) is 5. The van der Waals surface area contributed by atoms with Crippen molar-refractivity contribution >= 4 is 16.7 Å². The summed E-state index contributed by atoms with van der Waals surface area (Å²) in [7, 11) is 3.09. The monoisotopic (exact) mass is 463 g/mol. The summed E-state index contributed by atoms with van der Waals surface area (Å²) >= 11 is 0. The van der Waals surface area contributed by atoms with Crippen molar-refractivity contribution in [3.8, 4) is 11.5 Å². The average molecular weight is 464 g/mol. The van der Waals surface area contributed by atoms with Crippen LogP contribution >= 0.6 is 0 Å². The Bertz CT molecular complexity index is 1210. The third-order valence-corrected chi connectivity index (χ3v) is 6.29. The second-order valence-corrected chi connectivity index (χ2v) is 9.20. The molecule has 0 N–H and O–H groups in total. The number of amides is 1. The lowest BCUT2D eigenvalue weighted by Gasteiger charge is -2.35. The lowest BCUT2D eigenvalue weighted by atomic mass is 10.0. The minimum absolute atomic E-state index is 0.0610. The van der Waals surface area contributed by atoms with Crippen LogP contribution in [-0.4, -0.2) is 60.7 Å². The van der Waals surface area contributed by atoms with Gasteiger partial charge in [0.1, 0.15) is 0 Å². The van der Waals surface area contributed by atoms with Crippen LogP contribution in [0, 0.1) is 5.92 Å². The normalized spacial score (nSPS) is 14.6. The largest absolute Gasteiger partial charge is 0.493 e. The van der Waals surface area contributed by atoms with E-state index in [-0.39, 0.29) is 17.4 Å². The standard InChI is InChI=1S/C27H33N3O4/c1-19(2)16-30-18-23(21-14-24(33-3)25(34-4)15-22(21)26(30)31)27(32)29-12-10-28(11-13-29)17-20-8-6-5-7-9-20/h5-9,14-15,18-19H,10-13,16-17H2,1-4H3. The van der Waals surface area contributed by atoms with Crippen molar-refractivity contribution in [3.05, 3.63) is 70.1 Å². The van der Waals surface area contributed by atoms with Crippen LogP contribution in [0.15, 0.2) is 53.5 Å². The fraction of sp³-hybridized carbons (Fsp3) is 0.407. The summed E-state index contributed by atoms with van der Waals surface area (Å²) in [5.74, 6) is 1.17. The summed E-state index contributed by atoms with van der Waals surface area (Å²) in [6.07, 6.45) is 1.72. The summed E-state index contributed by atoms with van der Waals surface area (Å²) in [6, 6.07) is 13.8. The number of carbonyl (C=O) groups excluding carboxylic acids is 1. The lowest BCUT2D eigenvalue weighted by molar-refractivity contribution is 0.0629. The molecule has 1 aromatic heterocycles. The maximum Gasteiger partial charge on any atom is 0.258 e. The fourth-order valence-corrected chi connectivity index (χ4v) is 4.54. The Morgan fingerprint density at radius 1 is 0.941 bits per heavy atom. The molecule has 1 aliphatic heterocycles. The number of fused-ring (bicyclic) bond motifs is 1. The van der Waals surface area contributed by atoms with Crippen molar-refractivity contribution in [1.29, 1.82) is 0 Å². The molecule has 7 nitrogen and oxygen atoms in total. The Kier molecular flexibility index (Phi) is 7.22. The van der Waals surface area contributed by atoms with Gasteiger partial charge >= 0.3 is 0 Å². The van der Waals surface area contributed by atoms with Gasteiger partial charge < -0.3 is 18.9 Å². The van der Waals surface area contributed by atoms with Crippen LogP contribution in [0.4, 0.5) is 0 Å². The molecular weight excluding hydrogens is 430 g/mol. The highest BCUT2D eigenvalue weighted by Gasteiger charge is 2.26. The van der Waals surface area contributed by atoms with Crippen LogP contribution in [0.5, 0.6) is 11.5 Å². The van der Waals surface area contributed by atoms with Crippen molar-refractivity contribution < 1.29 is 14.3 Å². The molecule has 34 heavy (non-hydrogen) atoms. The van der Waals surface area contributed by atoms with E-state index in [1.807, 2.05) is 11.0 Å². The number of aromatic nitrogens is 1. The van der Waals surface area contributed by atoms with Crippen molar-refractivity contribution in [2.75, 3.05) is 40.4 Å². The van der Waals surface area contributed by atoms with Gasteiger partial charge in [0.2, 0.25) is 0 Å². The molecule has 0 bridgehead atoms. The van der Waals surface area contributed by atoms with E-state index in [4.69, 9.17) is 9.47 Å². The molecule has 3 aromatic rings. The molecule has 1 fully saturated rings. The van der Waals surface area contributed by atoms with Gasteiger partial charge in [0.05, 0.1) is 25.2 Å². The molecule has 0 saturated carbocycles. The van der Waals surface area contributed by atoms with Gasteiger partial charge in [-0.15, -0.1) is 0 Å². The smallest absolute Gasteiger partial charge is 0.258 e. The molecule has 0 aliphatic carbocycles. The molecule has 1 aliphatic rings.